The van der Waals surface area contributed by atoms with Gasteiger partial charge in [-0.25, -0.2) is 0 Å². The summed E-state index contributed by atoms with van der Waals surface area (Å²) in [6.07, 6.45) is 22.9. The molecule has 0 aliphatic carbocycles. The Balaban J connectivity index is 7.53. The van der Waals surface area contributed by atoms with Gasteiger partial charge in [-0.3, -0.25) is 0 Å². The van der Waals surface area contributed by atoms with E-state index in [1.54, 1.807) is 147 Å². The van der Waals surface area contributed by atoms with Gasteiger partial charge in [-0.15, -0.1) is 0 Å². The summed E-state index contributed by atoms with van der Waals surface area (Å²) in [4.78, 5) is 0. The Morgan fingerprint density at radius 2 is 0.200 bits per heavy atom. The SMILES string of the molecule is BrCCC[Si](CCCBr)(CCCBr)CCC[Si](CCC[Si](CCCBr)(CCCBr)CCCBr)(CCC[Si](CCCBr)(CCCBr)CCCBr)CCC[Si](CCCBr)(CCCBr)CCCBr. The molecule has 0 aliphatic heterocycles. The lowest BCUT2D eigenvalue weighted by Crippen LogP contribution is -2.40. The lowest BCUT2D eigenvalue weighted by molar-refractivity contribution is 0.821. The molecule has 392 valence electrons. The Hall–Kier alpha value is 6.84. The van der Waals surface area contributed by atoms with Crippen molar-refractivity contribution in [3.63, 3.8) is 0 Å². The van der Waals surface area contributed by atoms with E-state index in [1.165, 1.54) is 141 Å². The maximum atomic E-state index is 3.91. The van der Waals surface area contributed by atoms with Gasteiger partial charge in [0, 0.05) is 64.0 Å². The molecule has 0 N–H and O–H groups in total. The highest BCUT2D eigenvalue weighted by atomic mass is 79.9. The zero-order chi connectivity index (χ0) is 48.4. The van der Waals surface area contributed by atoms with Gasteiger partial charge in [0.05, 0.1) is 40.4 Å². The summed E-state index contributed by atoms with van der Waals surface area (Å²) in [5.41, 5.74) is 0. The minimum Gasteiger partial charge on any atom is -0.0928 e. The fraction of sp³-hybridized carbons (Fsp3) is 1.00. The summed E-state index contributed by atoms with van der Waals surface area (Å²) in [5, 5.41) is 14.2. The van der Waals surface area contributed by atoms with Gasteiger partial charge in [-0.2, -0.15) is 0 Å². The minimum absolute atomic E-state index is 1.18. The van der Waals surface area contributed by atoms with E-state index < -0.39 is 40.4 Å². The monoisotopic (exact) mass is 1760 g/mol. The van der Waals surface area contributed by atoms with Crippen molar-refractivity contribution in [2.24, 2.45) is 0 Å². The van der Waals surface area contributed by atoms with Crippen LogP contribution in [0, 0.1) is 0 Å². The van der Waals surface area contributed by atoms with Crippen LogP contribution in [-0.4, -0.2) is 104 Å². The number of rotatable bonds is 52. The van der Waals surface area contributed by atoms with Gasteiger partial charge in [-0.1, -0.05) is 338 Å². The molecule has 0 unspecified atom stereocenters. The smallest absolute Gasteiger partial charge is 0.0536 e. The molecule has 0 radical (unpaired) electrons. The molecule has 0 rings (SSSR count). The summed E-state index contributed by atoms with van der Waals surface area (Å²) in [7, 11) is -7.05. The molecule has 0 spiro atoms. The van der Waals surface area contributed by atoms with E-state index in [0.717, 1.165) is 0 Å². The summed E-state index contributed by atoms with van der Waals surface area (Å²) in [5.74, 6) is 0. The molecular weight excluding hydrogens is 1680 g/mol. The Bertz CT molecular complexity index is 795. The van der Waals surface area contributed by atoms with Crippen molar-refractivity contribution in [1.29, 1.82) is 0 Å². The van der Waals surface area contributed by atoms with Crippen LogP contribution in [0.4, 0.5) is 0 Å². The van der Waals surface area contributed by atoms with E-state index in [4.69, 9.17) is 0 Å². The first kappa shape index (κ1) is 71.8. The second kappa shape index (κ2) is 48.0. The van der Waals surface area contributed by atoms with Crippen molar-refractivity contribution in [3.8, 4) is 0 Å². The average molecular weight is 1770 g/mol. The lowest BCUT2D eigenvalue weighted by Gasteiger charge is -2.40. The lowest BCUT2D eigenvalue weighted by atomic mass is 10.5. The highest BCUT2D eigenvalue weighted by Crippen LogP contribution is 2.44. The molecule has 0 aliphatic rings. The van der Waals surface area contributed by atoms with E-state index in [9.17, 15) is 0 Å². The normalized spacial score (nSPS) is 13.1. The van der Waals surface area contributed by atoms with Crippen LogP contribution in [0.1, 0.15) is 103 Å². The number of halogens is 12. The summed E-state index contributed by atoms with van der Waals surface area (Å²) in [6.45, 7) is 0. The fourth-order valence-corrected chi connectivity index (χ4v) is 49.4. The zero-order valence-corrected chi connectivity index (χ0v) is 65.0. The average Bonchev–Trinajstić information content (AvgIpc) is 3.32. The standard InChI is InChI=1S/C48H96Br12Si5/c49-17-1-29-61(30-2-18-50,31-3-19-51)41-13-45-65(46-14-42-62(32-4-20-52,33-5-21-53)34-6-22-54,47-15-43-63(35-7-23-55,36-8-24-56)37-9-25-57)48-16-44-64(38-10-26-58,39-11-27-59)40-12-28-60/h1-48H2. The van der Waals surface area contributed by atoms with Gasteiger partial charge in [0.2, 0.25) is 0 Å². The molecule has 17 heteroatoms. The van der Waals surface area contributed by atoms with Crippen molar-refractivity contribution in [3.05, 3.63) is 0 Å². The van der Waals surface area contributed by atoms with Crippen molar-refractivity contribution in [1.82, 2.24) is 0 Å². The van der Waals surface area contributed by atoms with E-state index in [-0.39, 0.29) is 0 Å². The van der Waals surface area contributed by atoms with Gasteiger partial charge in [0.1, 0.15) is 0 Å². The van der Waals surface area contributed by atoms with Crippen LogP contribution in [0.25, 0.3) is 0 Å². The molecule has 0 nitrogen and oxygen atoms in total. The molecule has 0 saturated carbocycles. The highest BCUT2D eigenvalue weighted by Gasteiger charge is 2.40. The van der Waals surface area contributed by atoms with E-state index >= 15 is 0 Å². The summed E-state index contributed by atoms with van der Waals surface area (Å²) >= 11 is 46.9. The van der Waals surface area contributed by atoms with Gasteiger partial charge in [0.25, 0.3) is 0 Å². The van der Waals surface area contributed by atoms with E-state index in [2.05, 4.69) is 191 Å². The van der Waals surface area contributed by atoms with Crippen LogP contribution in [0.2, 0.25) is 121 Å². The first-order chi connectivity index (χ1) is 31.6. The highest BCUT2D eigenvalue weighted by molar-refractivity contribution is 9.10. The van der Waals surface area contributed by atoms with Gasteiger partial charge >= 0.3 is 0 Å². The number of hydrogen-bond acceptors (Lipinski definition) is 0. The molecule has 0 bridgehead atoms. The third kappa shape index (κ3) is 34.4. The predicted octanol–water partition coefficient (Wildman–Crippen LogP) is 24.2. The summed E-state index contributed by atoms with van der Waals surface area (Å²) < 4.78 is 0. The third-order valence-corrected chi connectivity index (χ3v) is 50.8. The van der Waals surface area contributed by atoms with Crippen LogP contribution in [0.15, 0.2) is 0 Å². The number of alkyl halides is 12. The maximum absolute atomic E-state index is 3.91. The van der Waals surface area contributed by atoms with Crippen molar-refractivity contribution in [2.45, 2.75) is 224 Å². The molecule has 0 aromatic heterocycles. The Labute approximate surface area is 511 Å². The second-order valence-corrected chi connectivity index (χ2v) is 54.9. The van der Waals surface area contributed by atoms with Gasteiger partial charge in [-0.05, 0) is 77.0 Å². The third-order valence-electron chi connectivity index (χ3n) is 15.7. The molecule has 65 heavy (non-hydrogen) atoms. The number of hydrogen-bond donors (Lipinski definition) is 0. The Morgan fingerprint density at radius 1 is 0.123 bits per heavy atom. The molecule has 0 saturated heterocycles. The van der Waals surface area contributed by atoms with Gasteiger partial charge in [0.15, 0.2) is 0 Å². The van der Waals surface area contributed by atoms with Crippen molar-refractivity contribution >= 4 is 232 Å². The Morgan fingerprint density at radius 3 is 0.277 bits per heavy atom. The van der Waals surface area contributed by atoms with Crippen LogP contribution in [-0.2, 0) is 0 Å². The van der Waals surface area contributed by atoms with E-state index in [1.807, 2.05) is 0 Å². The summed E-state index contributed by atoms with van der Waals surface area (Å²) in [6, 6.07) is 31.5. The largest absolute Gasteiger partial charge is 0.0928 e. The first-order valence-corrected chi connectivity index (χ1v) is 53.9. The van der Waals surface area contributed by atoms with Crippen molar-refractivity contribution in [2.75, 3.05) is 64.0 Å². The molecular formula is C48H96Br12Si5. The van der Waals surface area contributed by atoms with Crippen LogP contribution < -0.4 is 0 Å². The minimum atomic E-state index is -1.59. The first-order valence-electron chi connectivity index (χ1n) is 26.3. The molecule has 0 fully saturated rings. The molecule has 0 atom stereocenters. The Kier molecular flexibility index (Phi) is 53.1. The van der Waals surface area contributed by atoms with E-state index in [0.29, 0.717) is 0 Å². The fourth-order valence-electron chi connectivity index (χ4n) is 12.4. The zero-order valence-electron chi connectivity index (χ0n) is 41.0. The van der Waals surface area contributed by atoms with Crippen molar-refractivity contribution < 1.29 is 0 Å². The molecule has 0 aromatic carbocycles. The van der Waals surface area contributed by atoms with Crippen LogP contribution >= 0.6 is 191 Å². The van der Waals surface area contributed by atoms with Gasteiger partial charge < -0.3 is 0 Å². The van der Waals surface area contributed by atoms with Crippen LogP contribution in [0.3, 0.4) is 0 Å². The predicted molar refractivity (Wildman–Crippen MR) is 364 cm³/mol. The quantitative estimate of drug-likeness (QED) is 0.0421. The molecule has 0 amide bonds. The second-order valence-electron chi connectivity index (χ2n) is 20.4. The topological polar surface area (TPSA) is 0 Å². The maximum Gasteiger partial charge on any atom is 0.0536 e. The molecule has 0 aromatic rings. The molecule has 0 heterocycles. The van der Waals surface area contributed by atoms with Crippen LogP contribution in [0.5, 0.6) is 0 Å².